The fourth-order valence-electron chi connectivity index (χ4n) is 2.21. The Balaban J connectivity index is 1.96. The molecule has 4 heteroatoms. The van der Waals surface area contributed by atoms with Crippen molar-refractivity contribution in [1.82, 2.24) is 0 Å². The Morgan fingerprint density at radius 2 is 1.81 bits per heavy atom. The van der Waals surface area contributed by atoms with E-state index in [-0.39, 0.29) is 5.91 Å². The zero-order valence-corrected chi connectivity index (χ0v) is 13.1. The predicted octanol–water partition coefficient (Wildman–Crippen LogP) is 4.17. The zero-order valence-electron chi connectivity index (χ0n) is 12.3. The van der Waals surface area contributed by atoms with Gasteiger partial charge in [0.2, 0.25) is 0 Å². The molecule has 1 aliphatic rings. The molecule has 0 unspecified atom stereocenters. The van der Waals surface area contributed by atoms with Crippen LogP contribution in [0.15, 0.2) is 46.4 Å². The molecule has 0 N–H and O–H groups in total. The van der Waals surface area contributed by atoms with Crippen LogP contribution in [0.1, 0.15) is 22.9 Å². The van der Waals surface area contributed by atoms with E-state index in [1.165, 1.54) is 10.6 Å². The Labute approximate surface area is 128 Å². The Hall–Kier alpha value is -2.20. The van der Waals surface area contributed by atoms with E-state index in [4.69, 9.17) is 0 Å². The van der Waals surface area contributed by atoms with Gasteiger partial charge in [-0.25, -0.2) is 0 Å². The molecule has 2 heterocycles. The molecule has 0 saturated heterocycles. The minimum Gasteiger partial charge on any atom is -0.267 e. The third kappa shape index (κ3) is 2.54. The number of nitrogens with zero attached hydrogens (tertiary/aromatic N) is 2. The summed E-state index contributed by atoms with van der Waals surface area (Å²) in [5.74, 6) is -0.0656. The van der Waals surface area contributed by atoms with Crippen LogP contribution in [0.3, 0.4) is 0 Å². The number of carbonyl (C=O) groups excluding carboxylic acids is 1. The number of aryl methyl sites for hydroxylation is 2. The minimum atomic E-state index is -0.0656. The molecule has 106 valence electrons. The van der Waals surface area contributed by atoms with E-state index in [0.29, 0.717) is 5.57 Å². The standard InChI is InChI=1S/C17H16N2OS/c1-11-4-6-14(7-5-11)19-17(20)15(13(3)18-19)10-16-12(2)8-9-21-16/h4-10H,1-3H3/b15-10-. The molecule has 0 aliphatic carbocycles. The second kappa shape index (κ2) is 5.30. The second-order valence-corrected chi connectivity index (χ2v) is 6.11. The number of rotatable bonds is 2. The van der Waals surface area contributed by atoms with Crippen molar-refractivity contribution in [3.8, 4) is 0 Å². The van der Waals surface area contributed by atoms with E-state index < -0.39 is 0 Å². The second-order valence-electron chi connectivity index (χ2n) is 5.16. The summed E-state index contributed by atoms with van der Waals surface area (Å²) in [6.45, 7) is 5.95. The van der Waals surface area contributed by atoms with Crippen LogP contribution in [0, 0.1) is 13.8 Å². The quantitative estimate of drug-likeness (QED) is 0.765. The lowest BCUT2D eigenvalue weighted by atomic mass is 10.1. The lowest BCUT2D eigenvalue weighted by Crippen LogP contribution is -2.21. The number of benzene rings is 1. The van der Waals surface area contributed by atoms with E-state index in [1.54, 1.807) is 11.3 Å². The van der Waals surface area contributed by atoms with Crippen LogP contribution < -0.4 is 5.01 Å². The van der Waals surface area contributed by atoms with Crippen molar-refractivity contribution >= 4 is 34.7 Å². The first kappa shape index (κ1) is 13.8. The number of hydrogen-bond acceptors (Lipinski definition) is 3. The molecular weight excluding hydrogens is 280 g/mol. The molecule has 1 aromatic carbocycles. The van der Waals surface area contributed by atoms with Gasteiger partial charge in [0.15, 0.2) is 0 Å². The lowest BCUT2D eigenvalue weighted by molar-refractivity contribution is -0.114. The Morgan fingerprint density at radius 1 is 1.10 bits per heavy atom. The van der Waals surface area contributed by atoms with Gasteiger partial charge in [-0.15, -0.1) is 11.3 Å². The van der Waals surface area contributed by atoms with Gasteiger partial charge < -0.3 is 0 Å². The molecule has 0 bridgehead atoms. The molecule has 1 amide bonds. The third-order valence-corrected chi connectivity index (χ3v) is 4.48. The van der Waals surface area contributed by atoms with Gasteiger partial charge in [0, 0.05) is 4.88 Å². The van der Waals surface area contributed by atoms with E-state index in [0.717, 1.165) is 21.8 Å². The number of hydrazone groups is 1. The Kier molecular flexibility index (Phi) is 3.47. The first-order valence-corrected chi connectivity index (χ1v) is 7.67. The summed E-state index contributed by atoms with van der Waals surface area (Å²) in [6.07, 6.45) is 1.94. The molecule has 0 saturated carbocycles. The molecule has 0 atom stereocenters. The summed E-state index contributed by atoms with van der Waals surface area (Å²) < 4.78 is 0. The van der Waals surface area contributed by atoms with Gasteiger partial charge in [0.25, 0.3) is 5.91 Å². The van der Waals surface area contributed by atoms with Crippen molar-refractivity contribution in [3.63, 3.8) is 0 Å². The molecule has 2 aromatic rings. The zero-order chi connectivity index (χ0) is 15.0. The molecule has 3 rings (SSSR count). The first-order valence-electron chi connectivity index (χ1n) is 6.79. The maximum atomic E-state index is 12.6. The van der Waals surface area contributed by atoms with Crippen LogP contribution in [0.25, 0.3) is 6.08 Å². The highest BCUT2D eigenvalue weighted by atomic mass is 32.1. The van der Waals surface area contributed by atoms with Gasteiger partial charge in [-0.05, 0) is 56.0 Å². The molecule has 0 fully saturated rings. The average molecular weight is 296 g/mol. The molecule has 0 radical (unpaired) electrons. The van der Waals surface area contributed by atoms with Crippen molar-refractivity contribution in [2.75, 3.05) is 5.01 Å². The van der Waals surface area contributed by atoms with E-state index in [1.807, 2.05) is 56.5 Å². The maximum absolute atomic E-state index is 12.6. The van der Waals surface area contributed by atoms with Gasteiger partial charge in [-0.3, -0.25) is 4.79 Å². The molecule has 21 heavy (non-hydrogen) atoms. The SMILES string of the molecule is CC1=NN(c2ccc(C)cc2)C(=O)/C1=C\c1sccc1C. The number of amides is 1. The minimum absolute atomic E-state index is 0.0656. The molecule has 0 spiro atoms. The monoisotopic (exact) mass is 296 g/mol. The summed E-state index contributed by atoms with van der Waals surface area (Å²) in [4.78, 5) is 13.7. The van der Waals surface area contributed by atoms with Crippen molar-refractivity contribution in [1.29, 1.82) is 0 Å². The van der Waals surface area contributed by atoms with Gasteiger partial charge in [0.05, 0.1) is 17.0 Å². The van der Waals surface area contributed by atoms with Crippen molar-refractivity contribution in [2.24, 2.45) is 5.10 Å². The topological polar surface area (TPSA) is 32.7 Å². The predicted molar refractivity (Wildman–Crippen MR) is 88.8 cm³/mol. The van der Waals surface area contributed by atoms with Crippen molar-refractivity contribution in [2.45, 2.75) is 20.8 Å². The summed E-state index contributed by atoms with van der Waals surface area (Å²) in [6, 6.07) is 9.87. The Morgan fingerprint density at radius 3 is 2.43 bits per heavy atom. The van der Waals surface area contributed by atoms with Crippen LogP contribution in [0.5, 0.6) is 0 Å². The number of thiophene rings is 1. The van der Waals surface area contributed by atoms with Crippen LogP contribution in [-0.4, -0.2) is 11.6 Å². The first-order chi connectivity index (χ1) is 10.1. The van der Waals surface area contributed by atoms with E-state index in [2.05, 4.69) is 11.2 Å². The fourth-order valence-corrected chi connectivity index (χ4v) is 3.07. The molecule has 1 aromatic heterocycles. The van der Waals surface area contributed by atoms with Crippen molar-refractivity contribution in [3.05, 3.63) is 57.3 Å². The summed E-state index contributed by atoms with van der Waals surface area (Å²) >= 11 is 1.64. The largest absolute Gasteiger partial charge is 0.280 e. The summed E-state index contributed by atoms with van der Waals surface area (Å²) in [7, 11) is 0. The van der Waals surface area contributed by atoms with Gasteiger partial charge >= 0.3 is 0 Å². The number of carbonyl (C=O) groups is 1. The van der Waals surface area contributed by atoms with Gasteiger partial charge in [-0.1, -0.05) is 17.7 Å². The van der Waals surface area contributed by atoms with E-state index >= 15 is 0 Å². The maximum Gasteiger partial charge on any atom is 0.280 e. The lowest BCUT2D eigenvalue weighted by Gasteiger charge is -2.11. The Bertz CT molecular complexity index is 753. The van der Waals surface area contributed by atoms with Gasteiger partial charge in [-0.2, -0.15) is 10.1 Å². The normalized spacial score (nSPS) is 16.7. The van der Waals surface area contributed by atoms with Crippen LogP contribution in [0.4, 0.5) is 5.69 Å². The average Bonchev–Trinajstić information content (AvgIpc) is 2.98. The molecular formula is C17H16N2OS. The highest BCUT2D eigenvalue weighted by Crippen LogP contribution is 2.27. The number of anilines is 1. The highest BCUT2D eigenvalue weighted by Gasteiger charge is 2.28. The summed E-state index contributed by atoms with van der Waals surface area (Å²) in [5.41, 5.74) is 4.57. The smallest absolute Gasteiger partial charge is 0.267 e. The highest BCUT2D eigenvalue weighted by molar-refractivity contribution is 7.11. The molecule has 3 nitrogen and oxygen atoms in total. The van der Waals surface area contributed by atoms with E-state index in [9.17, 15) is 4.79 Å². The third-order valence-electron chi connectivity index (χ3n) is 3.52. The summed E-state index contributed by atoms with van der Waals surface area (Å²) in [5, 5.41) is 7.91. The fraction of sp³-hybridized carbons (Fsp3) is 0.176. The van der Waals surface area contributed by atoms with Gasteiger partial charge in [0.1, 0.15) is 0 Å². The molecule has 1 aliphatic heterocycles. The van der Waals surface area contributed by atoms with Crippen LogP contribution in [-0.2, 0) is 4.79 Å². The van der Waals surface area contributed by atoms with Crippen molar-refractivity contribution < 1.29 is 4.79 Å². The van der Waals surface area contributed by atoms with Crippen LogP contribution >= 0.6 is 11.3 Å². The van der Waals surface area contributed by atoms with Crippen LogP contribution in [0.2, 0.25) is 0 Å². The number of hydrogen-bond donors (Lipinski definition) is 0.